The molecule has 6 heteroatoms. The third-order valence-corrected chi connectivity index (χ3v) is 3.93. The molecule has 0 saturated heterocycles. The van der Waals surface area contributed by atoms with Gasteiger partial charge in [-0.2, -0.15) is 0 Å². The van der Waals surface area contributed by atoms with Crippen LogP contribution >= 0.6 is 0 Å². The van der Waals surface area contributed by atoms with Gasteiger partial charge in [-0.15, -0.1) is 0 Å². The van der Waals surface area contributed by atoms with Gasteiger partial charge in [0.2, 0.25) is 0 Å². The van der Waals surface area contributed by atoms with E-state index in [4.69, 9.17) is 0 Å². The molecule has 0 radical (unpaired) electrons. The largest absolute Gasteiger partial charge is 0.316 e. The van der Waals surface area contributed by atoms with Crippen molar-refractivity contribution in [3.8, 4) is 0 Å². The summed E-state index contributed by atoms with van der Waals surface area (Å²) in [7, 11) is -1.66. The molecule has 96 valence electrons. The molecule has 1 heterocycles. The van der Waals surface area contributed by atoms with Crippen molar-refractivity contribution >= 4 is 10.0 Å². The standard InChI is InChI=1S/C11H19N3O2S/c1-4-9(2)14-17(15,16)11-6-5-10(7-12-3)8-13-11/h5-6,8-9,12,14H,4,7H2,1-3H3. The Hall–Kier alpha value is -0.980. The Kier molecular flexibility index (Phi) is 5.04. The lowest BCUT2D eigenvalue weighted by Gasteiger charge is -2.11. The van der Waals surface area contributed by atoms with E-state index in [0.717, 1.165) is 12.0 Å². The number of nitrogens with one attached hydrogen (secondary N) is 2. The second-order valence-electron chi connectivity index (χ2n) is 3.97. The summed E-state index contributed by atoms with van der Waals surface area (Å²) in [5.74, 6) is 0. The molecule has 0 aliphatic heterocycles. The van der Waals surface area contributed by atoms with E-state index >= 15 is 0 Å². The molecule has 0 aromatic carbocycles. The number of pyridine rings is 1. The van der Waals surface area contributed by atoms with Crippen LogP contribution in [0.15, 0.2) is 23.4 Å². The highest BCUT2D eigenvalue weighted by molar-refractivity contribution is 7.89. The molecule has 0 spiro atoms. The minimum atomic E-state index is -3.48. The van der Waals surface area contributed by atoms with Crippen LogP contribution in [0.4, 0.5) is 0 Å². The van der Waals surface area contributed by atoms with Gasteiger partial charge < -0.3 is 5.32 Å². The van der Waals surface area contributed by atoms with E-state index in [0.29, 0.717) is 6.54 Å². The van der Waals surface area contributed by atoms with E-state index in [1.165, 1.54) is 6.07 Å². The van der Waals surface area contributed by atoms with Gasteiger partial charge in [0, 0.05) is 18.8 Å². The number of sulfonamides is 1. The maximum Gasteiger partial charge on any atom is 0.258 e. The molecule has 0 bridgehead atoms. The van der Waals surface area contributed by atoms with Gasteiger partial charge in [0.1, 0.15) is 0 Å². The van der Waals surface area contributed by atoms with Gasteiger partial charge >= 0.3 is 0 Å². The molecule has 1 aromatic rings. The van der Waals surface area contributed by atoms with Crippen LogP contribution in [0.5, 0.6) is 0 Å². The lowest BCUT2D eigenvalue weighted by atomic mass is 10.3. The maximum atomic E-state index is 11.9. The van der Waals surface area contributed by atoms with Crippen LogP contribution in [-0.2, 0) is 16.6 Å². The van der Waals surface area contributed by atoms with Crippen molar-refractivity contribution in [2.75, 3.05) is 7.05 Å². The van der Waals surface area contributed by atoms with Gasteiger partial charge in [0.25, 0.3) is 10.0 Å². The summed E-state index contributed by atoms with van der Waals surface area (Å²) in [5, 5.41) is 3.05. The first-order valence-corrected chi connectivity index (χ1v) is 7.09. The molecule has 1 aromatic heterocycles. The van der Waals surface area contributed by atoms with Crippen molar-refractivity contribution in [2.24, 2.45) is 0 Å². The fourth-order valence-electron chi connectivity index (χ4n) is 1.29. The highest BCUT2D eigenvalue weighted by Gasteiger charge is 2.17. The molecule has 2 N–H and O–H groups in total. The monoisotopic (exact) mass is 257 g/mol. The summed E-state index contributed by atoms with van der Waals surface area (Å²) in [6.45, 7) is 4.43. The third kappa shape index (κ3) is 4.07. The van der Waals surface area contributed by atoms with Gasteiger partial charge in [-0.3, -0.25) is 0 Å². The maximum absolute atomic E-state index is 11.9. The van der Waals surface area contributed by atoms with Gasteiger partial charge in [-0.05, 0) is 32.0 Å². The van der Waals surface area contributed by atoms with Crippen molar-refractivity contribution in [1.82, 2.24) is 15.0 Å². The normalized spacial score (nSPS) is 13.6. The molecule has 0 aliphatic carbocycles. The van der Waals surface area contributed by atoms with Crippen LogP contribution in [0.2, 0.25) is 0 Å². The van der Waals surface area contributed by atoms with E-state index in [-0.39, 0.29) is 11.1 Å². The van der Waals surface area contributed by atoms with Crippen molar-refractivity contribution in [3.63, 3.8) is 0 Å². The number of aromatic nitrogens is 1. The highest BCUT2D eigenvalue weighted by Crippen LogP contribution is 2.07. The van der Waals surface area contributed by atoms with Crippen LogP contribution in [0.25, 0.3) is 0 Å². The van der Waals surface area contributed by atoms with E-state index < -0.39 is 10.0 Å². The van der Waals surface area contributed by atoms with Gasteiger partial charge in [0.05, 0.1) is 0 Å². The van der Waals surface area contributed by atoms with Crippen molar-refractivity contribution in [1.29, 1.82) is 0 Å². The average molecular weight is 257 g/mol. The number of hydrogen-bond donors (Lipinski definition) is 2. The smallest absolute Gasteiger partial charge is 0.258 e. The number of rotatable bonds is 6. The van der Waals surface area contributed by atoms with Gasteiger partial charge in [-0.1, -0.05) is 13.0 Å². The summed E-state index contributed by atoms with van der Waals surface area (Å²) in [5.41, 5.74) is 0.954. The zero-order valence-electron chi connectivity index (χ0n) is 10.4. The van der Waals surface area contributed by atoms with E-state index in [2.05, 4.69) is 15.0 Å². The second kappa shape index (κ2) is 6.09. The summed E-state index contributed by atoms with van der Waals surface area (Å²) in [4.78, 5) is 3.97. The fraction of sp³-hybridized carbons (Fsp3) is 0.545. The predicted octanol–water partition coefficient (Wildman–Crippen LogP) is 0.878. The van der Waals surface area contributed by atoms with Crippen LogP contribution in [0, 0.1) is 0 Å². The first-order chi connectivity index (χ1) is 7.99. The molecule has 1 atom stereocenters. The lowest BCUT2D eigenvalue weighted by Crippen LogP contribution is -2.32. The van der Waals surface area contributed by atoms with Crippen LogP contribution in [0.1, 0.15) is 25.8 Å². The number of nitrogens with zero attached hydrogens (tertiary/aromatic N) is 1. The molecular weight excluding hydrogens is 238 g/mol. The summed E-state index contributed by atoms with van der Waals surface area (Å²) in [6, 6.07) is 3.20. The molecule has 1 unspecified atom stereocenters. The minimum absolute atomic E-state index is 0.0673. The zero-order chi connectivity index (χ0) is 12.9. The topological polar surface area (TPSA) is 71.1 Å². The zero-order valence-corrected chi connectivity index (χ0v) is 11.2. The Morgan fingerprint density at radius 1 is 1.41 bits per heavy atom. The molecule has 0 fully saturated rings. The van der Waals surface area contributed by atoms with Crippen molar-refractivity contribution in [2.45, 2.75) is 37.9 Å². The fourth-order valence-corrected chi connectivity index (χ4v) is 2.54. The average Bonchev–Trinajstić information content (AvgIpc) is 2.29. The molecule has 17 heavy (non-hydrogen) atoms. The molecule has 0 aliphatic rings. The van der Waals surface area contributed by atoms with Crippen LogP contribution in [0.3, 0.4) is 0 Å². The van der Waals surface area contributed by atoms with Crippen LogP contribution in [-0.4, -0.2) is 26.5 Å². The quantitative estimate of drug-likeness (QED) is 0.793. The Morgan fingerprint density at radius 2 is 2.12 bits per heavy atom. The molecule has 0 saturated carbocycles. The summed E-state index contributed by atoms with van der Waals surface area (Å²) >= 11 is 0. The number of hydrogen-bond acceptors (Lipinski definition) is 4. The second-order valence-corrected chi connectivity index (χ2v) is 5.63. The minimum Gasteiger partial charge on any atom is -0.316 e. The Labute approximate surface area is 103 Å². The van der Waals surface area contributed by atoms with E-state index in [1.807, 2.05) is 20.9 Å². The molecule has 5 nitrogen and oxygen atoms in total. The van der Waals surface area contributed by atoms with E-state index in [9.17, 15) is 8.42 Å². The Bertz CT molecular complexity index is 442. The molecular formula is C11H19N3O2S. The van der Waals surface area contributed by atoms with Crippen molar-refractivity contribution in [3.05, 3.63) is 23.9 Å². The Balaban J connectivity index is 2.85. The van der Waals surface area contributed by atoms with Gasteiger partial charge in [-0.25, -0.2) is 18.1 Å². The van der Waals surface area contributed by atoms with E-state index in [1.54, 1.807) is 12.3 Å². The summed E-state index contributed by atoms with van der Waals surface area (Å²) in [6.07, 6.45) is 2.32. The molecule has 1 rings (SSSR count). The lowest BCUT2D eigenvalue weighted by molar-refractivity contribution is 0.552. The molecule has 0 amide bonds. The van der Waals surface area contributed by atoms with Gasteiger partial charge in [0.15, 0.2) is 5.03 Å². The van der Waals surface area contributed by atoms with Crippen molar-refractivity contribution < 1.29 is 8.42 Å². The first-order valence-electron chi connectivity index (χ1n) is 5.61. The predicted molar refractivity (Wildman–Crippen MR) is 67.1 cm³/mol. The Morgan fingerprint density at radius 3 is 2.59 bits per heavy atom. The summed E-state index contributed by atoms with van der Waals surface area (Å²) < 4.78 is 26.3. The highest BCUT2D eigenvalue weighted by atomic mass is 32.2. The van der Waals surface area contributed by atoms with Crippen LogP contribution < -0.4 is 10.0 Å². The first kappa shape index (κ1) is 14.1. The third-order valence-electron chi connectivity index (χ3n) is 2.42. The SMILES string of the molecule is CCC(C)NS(=O)(=O)c1ccc(CNC)cn1.